The summed E-state index contributed by atoms with van der Waals surface area (Å²) >= 11 is 0. The molecule has 2 N–H and O–H groups in total. The Morgan fingerprint density at radius 2 is 1.91 bits per heavy atom. The second-order valence-electron chi connectivity index (χ2n) is 3.53. The fourth-order valence-electron chi connectivity index (χ4n) is 1.99. The van der Waals surface area contributed by atoms with Gasteiger partial charge >= 0.3 is 0 Å². The van der Waals surface area contributed by atoms with Crippen molar-refractivity contribution in [1.29, 1.82) is 0 Å². The molecular formula is C8H16ClNO. The molecule has 1 saturated heterocycles. The second-order valence-corrected chi connectivity index (χ2v) is 3.53. The summed E-state index contributed by atoms with van der Waals surface area (Å²) in [6.07, 6.45) is 4.94. The van der Waals surface area contributed by atoms with Crippen molar-refractivity contribution in [3.8, 4) is 0 Å². The lowest BCUT2D eigenvalue weighted by Crippen LogP contribution is -2.41. The number of hydrogen-bond donors (Lipinski definition) is 2. The van der Waals surface area contributed by atoms with Crippen LogP contribution in [0, 0.1) is 5.92 Å². The van der Waals surface area contributed by atoms with Gasteiger partial charge in [-0.1, -0.05) is 6.42 Å². The Morgan fingerprint density at radius 3 is 2.27 bits per heavy atom. The van der Waals surface area contributed by atoms with Crippen molar-refractivity contribution in [2.45, 2.75) is 37.8 Å². The predicted octanol–water partition coefficient (Wildman–Crippen LogP) is 0.931. The van der Waals surface area contributed by atoms with Crippen molar-refractivity contribution in [2.24, 2.45) is 5.92 Å². The second kappa shape index (κ2) is 3.74. The summed E-state index contributed by atoms with van der Waals surface area (Å²) in [5.74, 6) is 0.789. The minimum atomic E-state index is -0.0506. The van der Waals surface area contributed by atoms with E-state index in [1.165, 1.54) is 19.3 Å². The maximum absolute atomic E-state index is 9.46. The lowest BCUT2D eigenvalue weighted by atomic mass is 9.78. The van der Waals surface area contributed by atoms with Crippen LogP contribution in [0.5, 0.6) is 0 Å². The fraction of sp³-hybridized carbons (Fsp3) is 1.00. The van der Waals surface area contributed by atoms with Gasteiger partial charge in [0, 0.05) is 6.04 Å². The van der Waals surface area contributed by atoms with E-state index < -0.39 is 0 Å². The minimum Gasteiger partial charge on any atom is -0.391 e. The number of aliphatic hydroxyl groups is 1. The van der Waals surface area contributed by atoms with Crippen molar-refractivity contribution < 1.29 is 5.11 Å². The number of aliphatic hydroxyl groups excluding tert-OH is 1. The molecule has 66 valence electrons. The molecule has 0 bridgehead atoms. The van der Waals surface area contributed by atoms with Crippen molar-refractivity contribution >= 4 is 12.4 Å². The molecule has 0 aromatic heterocycles. The van der Waals surface area contributed by atoms with Gasteiger partial charge in [-0.05, 0) is 31.7 Å². The summed E-state index contributed by atoms with van der Waals surface area (Å²) < 4.78 is 0. The Hall–Kier alpha value is 0.210. The molecular weight excluding hydrogens is 162 g/mol. The highest BCUT2D eigenvalue weighted by Crippen LogP contribution is 2.32. The topological polar surface area (TPSA) is 32.3 Å². The average molecular weight is 178 g/mol. The molecule has 0 aromatic rings. The van der Waals surface area contributed by atoms with Crippen molar-refractivity contribution in [3.63, 3.8) is 0 Å². The van der Waals surface area contributed by atoms with E-state index in [1.54, 1.807) is 0 Å². The molecule has 2 aliphatic rings. The molecule has 1 heterocycles. The highest BCUT2D eigenvalue weighted by molar-refractivity contribution is 5.85. The van der Waals surface area contributed by atoms with E-state index in [2.05, 4.69) is 5.32 Å². The molecule has 1 saturated carbocycles. The molecule has 1 aliphatic heterocycles. The molecule has 0 amide bonds. The van der Waals surface area contributed by atoms with Crippen LogP contribution >= 0.6 is 12.4 Å². The summed E-state index contributed by atoms with van der Waals surface area (Å²) in [6, 6.07) is 0.439. The summed E-state index contributed by atoms with van der Waals surface area (Å²) in [4.78, 5) is 0. The average Bonchev–Trinajstić information content (AvgIpc) is 2.12. The van der Waals surface area contributed by atoms with Crippen LogP contribution in [-0.2, 0) is 0 Å². The molecule has 0 aromatic carbocycles. The Balaban J connectivity index is 0.000000605. The first-order chi connectivity index (χ1) is 4.88. The zero-order valence-electron chi connectivity index (χ0n) is 6.62. The van der Waals surface area contributed by atoms with Crippen molar-refractivity contribution in [3.05, 3.63) is 0 Å². The monoisotopic (exact) mass is 177 g/mol. The Kier molecular flexibility index (Phi) is 3.16. The zero-order chi connectivity index (χ0) is 6.97. The number of halogens is 1. The van der Waals surface area contributed by atoms with Gasteiger partial charge in [-0.25, -0.2) is 0 Å². The van der Waals surface area contributed by atoms with Crippen LogP contribution in [0.1, 0.15) is 25.7 Å². The molecule has 3 heteroatoms. The standard InChI is InChI=1S/C8H15NO.ClH/c10-7-4-5-9-8(7)6-2-1-3-6;/h6-10H,1-5H2;1H. The molecule has 0 spiro atoms. The Labute approximate surface area is 73.8 Å². The van der Waals surface area contributed by atoms with Gasteiger partial charge in [0.2, 0.25) is 0 Å². The van der Waals surface area contributed by atoms with Gasteiger partial charge in [-0.15, -0.1) is 12.4 Å². The van der Waals surface area contributed by atoms with Gasteiger partial charge in [0.25, 0.3) is 0 Å². The van der Waals surface area contributed by atoms with E-state index in [0.29, 0.717) is 6.04 Å². The summed E-state index contributed by atoms with van der Waals surface area (Å²) in [7, 11) is 0. The van der Waals surface area contributed by atoms with Crippen LogP contribution in [0.25, 0.3) is 0 Å². The van der Waals surface area contributed by atoms with Crippen LogP contribution < -0.4 is 5.32 Å². The quantitative estimate of drug-likeness (QED) is 0.625. The SMILES string of the molecule is Cl.OC1CCNC1C1CCC1. The van der Waals surface area contributed by atoms with E-state index >= 15 is 0 Å². The molecule has 2 atom stereocenters. The van der Waals surface area contributed by atoms with E-state index in [9.17, 15) is 5.11 Å². The third-order valence-electron chi connectivity index (χ3n) is 2.89. The first-order valence-corrected chi connectivity index (χ1v) is 4.29. The number of nitrogens with one attached hydrogen (secondary N) is 1. The highest BCUT2D eigenvalue weighted by Gasteiger charge is 2.34. The minimum absolute atomic E-state index is 0. The first-order valence-electron chi connectivity index (χ1n) is 4.29. The van der Waals surface area contributed by atoms with Gasteiger partial charge in [0.1, 0.15) is 0 Å². The summed E-state index contributed by atoms with van der Waals surface area (Å²) in [6.45, 7) is 1.02. The van der Waals surface area contributed by atoms with Gasteiger partial charge in [-0.2, -0.15) is 0 Å². The highest BCUT2D eigenvalue weighted by atomic mass is 35.5. The molecule has 2 nitrogen and oxygen atoms in total. The maximum Gasteiger partial charge on any atom is 0.0708 e. The predicted molar refractivity (Wildman–Crippen MR) is 47.0 cm³/mol. The van der Waals surface area contributed by atoms with E-state index in [-0.39, 0.29) is 18.5 Å². The lowest BCUT2D eigenvalue weighted by Gasteiger charge is -2.33. The summed E-state index contributed by atoms with van der Waals surface area (Å²) in [5, 5.41) is 12.8. The van der Waals surface area contributed by atoms with Crippen LogP contribution in [-0.4, -0.2) is 23.8 Å². The smallest absolute Gasteiger partial charge is 0.0708 e. The number of rotatable bonds is 1. The summed E-state index contributed by atoms with van der Waals surface area (Å²) in [5.41, 5.74) is 0. The van der Waals surface area contributed by atoms with Gasteiger partial charge in [-0.3, -0.25) is 0 Å². The lowest BCUT2D eigenvalue weighted by molar-refractivity contribution is 0.102. The molecule has 11 heavy (non-hydrogen) atoms. The van der Waals surface area contributed by atoms with Crippen LogP contribution in [0.15, 0.2) is 0 Å². The normalized spacial score (nSPS) is 37.9. The Bertz CT molecular complexity index is 127. The molecule has 1 aliphatic carbocycles. The zero-order valence-corrected chi connectivity index (χ0v) is 7.44. The maximum atomic E-state index is 9.46. The van der Waals surface area contributed by atoms with E-state index in [0.717, 1.165) is 18.9 Å². The van der Waals surface area contributed by atoms with Crippen molar-refractivity contribution in [1.82, 2.24) is 5.32 Å². The van der Waals surface area contributed by atoms with E-state index in [1.807, 2.05) is 0 Å². The third kappa shape index (κ3) is 1.68. The third-order valence-corrected chi connectivity index (χ3v) is 2.89. The van der Waals surface area contributed by atoms with E-state index in [4.69, 9.17) is 0 Å². The van der Waals surface area contributed by atoms with Gasteiger partial charge in [0.15, 0.2) is 0 Å². The molecule has 2 fully saturated rings. The molecule has 2 unspecified atom stereocenters. The Morgan fingerprint density at radius 1 is 1.18 bits per heavy atom. The van der Waals surface area contributed by atoms with Crippen LogP contribution in [0.2, 0.25) is 0 Å². The van der Waals surface area contributed by atoms with Gasteiger partial charge < -0.3 is 10.4 Å². The fourth-order valence-corrected chi connectivity index (χ4v) is 1.99. The van der Waals surface area contributed by atoms with Crippen LogP contribution in [0.4, 0.5) is 0 Å². The first kappa shape index (κ1) is 9.30. The van der Waals surface area contributed by atoms with Gasteiger partial charge in [0.05, 0.1) is 6.10 Å². The molecule has 2 rings (SSSR count). The molecule has 0 radical (unpaired) electrons. The van der Waals surface area contributed by atoms with Crippen molar-refractivity contribution in [2.75, 3.05) is 6.54 Å². The number of hydrogen-bond acceptors (Lipinski definition) is 2. The largest absolute Gasteiger partial charge is 0.391 e. The van der Waals surface area contributed by atoms with Crippen LogP contribution in [0.3, 0.4) is 0 Å².